The molecule has 358 valence electrons. The Labute approximate surface area is 445 Å². The summed E-state index contributed by atoms with van der Waals surface area (Å²) >= 11 is 3.74. The number of hydrogen-bond donors (Lipinski definition) is 0. The van der Waals surface area contributed by atoms with Gasteiger partial charge in [-0.2, -0.15) is 0 Å². The number of aryl methyl sites for hydroxylation is 1. The fourth-order valence-corrected chi connectivity index (χ4v) is 14.6. The number of benzene rings is 11. The van der Waals surface area contributed by atoms with Gasteiger partial charge in [-0.3, -0.25) is 0 Å². The summed E-state index contributed by atoms with van der Waals surface area (Å²) in [6, 6.07) is 85.7. The summed E-state index contributed by atoms with van der Waals surface area (Å²) in [5.74, 6) is 0.920. The van der Waals surface area contributed by atoms with E-state index >= 15 is 0 Å². The van der Waals surface area contributed by atoms with Crippen molar-refractivity contribution in [3.63, 3.8) is 0 Å². The highest BCUT2D eigenvalue weighted by Crippen LogP contribution is 2.51. The third-order valence-electron chi connectivity index (χ3n) is 15.5. The Kier molecular flexibility index (Phi) is 9.77. The van der Waals surface area contributed by atoms with Crippen LogP contribution < -0.4 is 9.80 Å². The normalized spacial score (nSPS) is 12.7. The molecular weight excluding hydrogens is 965 g/mol. The molecule has 0 fully saturated rings. The van der Waals surface area contributed by atoms with Crippen LogP contribution in [0.5, 0.6) is 0 Å². The van der Waals surface area contributed by atoms with Gasteiger partial charge in [-0.1, -0.05) is 146 Å². The molecule has 76 heavy (non-hydrogen) atoms. The lowest BCUT2D eigenvalue weighted by atomic mass is 9.94. The Morgan fingerprint density at radius 3 is 1.43 bits per heavy atom. The third kappa shape index (κ3) is 6.81. The second kappa shape index (κ2) is 17.2. The minimum absolute atomic E-state index is 0.844. The minimum Gasteiger partial charge on any atom is -0.456 e. The first kappa shape index (κ1) is 43.2. The smallest absolute Gasteiger partial charge is 0.137 e. The number of para-hydroxylation sites is 2. The molecule has 0 aliphatic heterocycles. The minimum atomic E-state index is 0.844. The molecular formula is C70H44N2O2S2. The first-order chi connectivity index (χ1) is 37.7. The molecule has 4 nitrogen and oxygen atoms in total. The maximum absolute atomic E-state index is 6.94. The summed E-state index contributed by atoms with van der Waals surface area (Å²) in [5, 5.41) is 10.7. The van der Waals surface area contributed by atoms with Crippen molar-refractivity contribution in [3.05, 3.63) is 254 Å². The van der Waals surface area contributed by atoms with Crippen LogP contribution in [0.4, 0.5) is 28.4 Å². The Balaban J connectivity index is 0.810. The number of nitrogens with zero attached hydrogens (tertiary/aromatic N) is 2. The molecule has 0 saturated carbocycles. The fraction of sp³-hybridized carbons (Fsp3) is 0.0286. The zero-order valence-electron chi connectivity index (χ0n) is 41.0. The van der Waals surface area contributed by atoms with Crippen molar-refractivity contribution in [1.82, 2.24) is 0 Å². The van der Waals surface area contributed by atoms with Crippen LogP contribution in [-0.4, -0.2) is 0 Å². The van der Waals surface area contributed by atoms with Crippen LogP contribution in [0.15, 0.2) is 251 Å². The number of rotatable bonds is 8. The Bertz CT molecular complexity index is 4820. The molecule has 0 N–H and O–H groups in total. The molecule has 16 rings (SSSR count). The van der Waals surface area contributed by atoms with Gasteiger partial charge in [0.1, 0.15) is 22.5 Å². The molecule has 0 amide bonds. The summed E-state index contributed by atoms with van der Waals surface area (Å²) < 4.78 is 19.0. The van der Waals surface area contributed by atoms with Crippen molar-refractivity contribution < 1.29 is 8.83 Å². The van der Waals surface area contributed by atoms with Crippen LogP contribution in [0.3, 0.4) is 0 Å². The molecule has 0 spiro atoms. The van der Waals surface area contributed by atoms with Crippen molar-refractivity contribution in [2.24, 2.45) is 0 Å². The highest BCUT2D eigenvalue weighted by Gasteiger charge is 2.28. The fourth-order valence-electron chi connectivity index (χ4n) is 12.1. The zero-order chi connectivity index (χ0) is 49.8. The van der Waals surface area contributed by atoms with E-state index in [4.69, 9.17) is 8.83 Å². The van der Waals surface area contributed by atoms with Gasteiger partial charge in [-0.25, -0.2) is 0 Å². The van der Waals surface area contributed by atoms with E-state index in [1.54, 1.807) is 0 Å². The number of fused-ring (bicyclic) bond motifs is 13. The van der Waals surface area contributed by atoms with E-state index in [0.717, 1.165) is 90.7 Å². The van der Waals surface area contributed by atoms with E-state index < -0.39 is 0 Å². The lowest BCUT2D eigenvalue weighted by Crippen LogP contribution is -2.19. The highest BCUT2D eigenvalue weighted by atomic mass is 32.1. The Morgan fingerprint density at radius 1 is 0.342 bits per heavy atom. The molecule has 6 heteroatoms. The maximum Gasteiger partial charge on any atom is 0.137 e. The van der Waals surface area contributed by atoms with E-state index in [1.807, 2.05) is 22.7 Å². The third-order valence-corrected chi connectivity index (χ3v) is 17.9. The summed E-state index contributed by atoms with van der Waals surface area (Å²) in [7, 11) is 0. The van der Waals surface area contributed by atoms with Gasteiger partial charge in [0.25, 0.3) is 0 Å². The first-order valence-corrected chi connectivity index (χ1v) is 27.6. The molecule has 0 saturated heterocycles. The van der Waals surface area contributed by atoms with Crippen molar-refractivity contribution in [3.8, 4) is 22.3 Å². The molecule has 1 aliphatic carbocycles. The number of hydrogen-bond acceptors (Lipinski definition) is 6. The van der Waals surface area contributed by atoms with Crippen molar-refractivity contribution in [2.45, 2.75) is 12.8 Å². The molecule has 0 atom stereocenters. The van der Waals surface area contributed by atoms with Crippen LogP contribution in [0.1, 0.15) is 17.7 Å². The van der Waals surface area contributed by atoms with Gasteiger partial charge in [-0.05, 0) is 120 Å². The van der Waals surface area contributed by atoms with Gasteiger partial charge in [0, 0.05) is 108 Å². The first-order valence-electron chi connectivity index (χ1n) is 25.9. The molecule has 0 bridgehead atoms. The topological polar surface area (TPSA) is 32.8 Å². The molecule has 4 heterocycles. The summed E-state index contributed by atoms with van der Waals surface area (Å²) in [6.07, 6.45) is 3.99. The van der Waals surface area contributed by atoms with Crippen molar-refractivity contribution in [1.29, 1.82) is 0 Å². The SMILES string of the molecule is C1=C(N(c2ccccc2)c2ccc3c(sc4ccccc43)c2-c2ccccc2)CCc2c1oc1cc3cc4c(cc3cc21)oc1cc(N(c2ccccc2)c2ccc3c(sc5ccccc53)c2-c2ccccc2)ccc14. The summed E-state index contributed by atoms with van der Waals surface area (Å²) in [5.41, 5.74) is 15.4. The van der Waals surface area contributed by atoms with E-state index in [9.17, 15) is 0 Å². The van der Waals surface area contributed by atoms with Gasteiger partial charge >= 0.3 is 0 Å². The number of furan rings is 2. The van der Waals surface area contributed by atoms with Crippen molar-refractivity contribution >= 4 is 141 Å². The largest absolute Gasteiger partial charge is 0.456 e. The predicted octanol–water partition coefficient (Wildman–Crippen LogP) is 21.2. The lowest BCUT2D eigenvalue weighted by Gasteiger charge is -2.31. The second-order valence-corrected chi connectivity index (χ2v) is 22.0. The molecule has 0 radical (unpaired) electrons. The second-order valence-electron chi connectivity index (χ2n) is 19.9. The van der Waals surface area contributed by atoms with Gasteiger partial charge in [0.15, 0.2) is 0 Å². The molecule has 11 aromatic carbocycles. The van der Waals surface area contributed by atoms with E-state index in [1.165, 1.54) is 73.9 Å². The van der Waals surface area contributed by atoms with Crippen molar-refractivity contribution in [2.75, 3.05) is 9.80 Å². The van der Waals surface area contributed by atoms with E-state index in [-0.39, 0.29) is 0 Å². The molecule has 1 aliphatic rings. The molecule has 15 aromatic rings. The van der Waals surface area contributed by atoms with Crippen LogP contribution >= 0.6 is 22.7 Å². The standard InChI is InChI=1S/C70H44N2O2S2/c1-5-17-43(18-6-1)67-59(35-33-55-53-25-13-15-27-65(53)75-69(55)67)71(47-21-9-3-10-22-47)49-29-31-51-57-37-45-40-62-58(38-46(45)39-61(57)73-63(51)41-49)52-32-30-50(42-64(52)74-62)72(48-23-11-4-12-24-48)60-36-34-56-54-26-14-16-28-66(54)76-70(56)68(60)44-19-7-2-8-20-44/h1-29,31,33-42H,30,32H2. The zero-order valence-corrected chi connectivity index (χ0v) is 42.7. The van der Waals surface area contributed by atoms with Gasteiger partial charge in [0.05, 0.1) is 11.4 Å². The number of allylic oxidation sites excluding steroid dienone is 1. The summed E-state index contributed by atoms with van der Waals surface area (Å²) in [4.78, 5) is 4.85. The van der Waals surface area contributed by atoms with Crippen LogP contribution in [0.2, 0.25) is 0 Å². The van der Waals surface area contributed by atoms with E-state index in [0.29, 0.717) is 0 Å². The molecule has 4 aromatic heterocycles. The van der Waals surface area contributed by atoms with Crippen LogP contribution in [0.25, 0.3) is 112 Å². The number of thiophene rings is 2. The average molecular weight is 1010 g/mol. The number of anilines is 5. The highest BCUT2D eigenvalue weighted by molar-refractivity contribution is 7.26. The van der Waals surface area contributed by atoms with E-state index in [2.05, 4.69) is 252 Å². The Hall–Kier alpha value is -9.20. The summed E-state index contributed by atoms with van der Waals surface area (Å²) in [6.45, 7) is 0. The average Bonchev–Trinajstić information content (AvgIpc) is 4.27. The monoisotopic (exact) mass is 1010 g/mol. The molecule has 0 unspecified atom stereocenters. The van der Waals surface area contributed by atoms with Gasteiger partial charge in [-0.15, -0.1) is 22.7 Å². The van der Waals surface area contributed by atoms with Gasteiger partial charge in [0.2, 0.25) is 0 Å². The Morgan fingerprint density at radius 2 is 0.829 bits per heavy atom. The lowest BCUT2D eigenvalue weighted by molar-refractivity contribution is 0.593. The van der Waals surface area contributed by atoms with Gasteiger partial charge < -0.3 is 18.6 Å². The predicted molar refractivity (Wildman–Crippen MR) is 324 cm³/mol. The maximum atomic E-state index is 6.94. The van der Waals surface area contributed by atoms with Crippen LogP contribution in [0, 0.1) is 0 Å². The quantitative estimate of drug-likeness (QED) is 0.152. The van der Waals surface area contributed by atoms with Crippen LogP contribution in [-0.2, 0) is 6.42 Å².